The van der Waals surface area contributed by atoms with Crippen molar-refractivity contribution >= 4 is 17.4 Å². The molecule has 1 unspecified atom stereocenters. The lowest BCUT2D eigenvalue weighted by Gasteiger charge is -2.23. The summed E-state index contributed by atoms with van der Waals surface area (Å²) in [5.74, 6) is 1.26. The van der Waals surface area contributed by atoms with E-state index in [2.05, 4.69) is 18.3 Å². The summed E-state index contributed by atoms with van der Waals surface area (Å²) in [7, 11) is 0. The average molecular weight is 232 g/mol. The van der Waals surface area contributed by atoms with Crippen LogP contribution in [0.5, 0.6) is 0 Å². The highest BCUT2D eigenvalue weighted by Crippen LogP contribution is 2.37. The fourth-order valence-corrected chi connectivity index (χ4v) is 3.24. The van der Waals surface area contributed by atoms with Crippen LogP contribution in [0.15, 0.2) is 24.3 Å². The Morgan fingerprint density at radius 2 is 2.31 bits per heavy atom. The maximum Gasteiger partial charge on any atom is 0.101 e. The molecule has 1 saturated heterocycles. The van der Waals surface area contributed by atoms with Gasteiger partial charge in [0.05, 0.1) is 11.3 Å². The Bertz CT molecular complexity index is 403. The van der Waals surface area contributed by atoms with Gasteiger partial charge in [-0.3, -0.25) is 0 Å². The smallest absolute Gasteiger partial charge is 0.101 e. The van der Waals surface area contributed by atoms with Gasteiger partial charge in [-0.25, -0.2) is 0 Å². The zero-order valence-corrected chi connectivity index (χ0v) is 10.3. The molecule has 0 radical (unpaired) electrons. The van der Waals surface area contributed by atoms with Gasteiger partial charge in [0.2, 0.25) is 0 Å². The third kappa shape index (κ3) is 2.51. The van der Waals surface area contributed by atoms with Crippen LogP contribution in [0.3, 0.4) is 0 Å². The van der Waals surface area contributed by atoms with E-state index >= 15 is 0 Å². The molecule has 0 amide bonds. The quantitative estimate of drug-likeness (QED) is 0.869. The summed E-state index contributed by atoms with van der Waals surface area (Å²) in [6.45, 7) is 3.24. The van der Waals surface area contributed by atoms with Crippen molar-refractivity contribution in [3.63, 3.8) is 0 Å². The highest BCUT2D eigenvalue weighted by molar-refractivity contribution is 8.00. The molecular formula is C13H16N2S. The Kier molecular flexibility index (Phi) is 3.40. The van der Waals surface area contributed by atoms with Gasteiger partial charge in [0, 0.05) is 11.3 Å². The van der Waals surface area contributed by atoms with Crippen molar-refractivity contribution in [3.8, 4) is 6.07 Å². The lowest BCUT2D eigenvalue weighted by molar-refractivity contribution is 0.635. The van der Waals surface area contributed by atoms with Gasteiger partial charge in [0.1, 0.15) is 6.07 Å². The molecule has 1 aromatic rings. The van der Waals surface area contributed by atoms with Crippen LogP contribution in [-0.2, 0) is 0 Å². The van der Waals surface area contributed by atoms with E-state index < -0.39 is 0 Å². The molecule has 0 aliphatic carbocycles. The summed E-state index contributed by atoms with van der Waals surface area (Å²) in [5.41, 5.74) is 1.69. The van der Waals surface area contributed by atoms with Crippen LogP contribution in [0.25, 0.3) is 0 Å². The Hall–Kier alpha value is -1.14. The van der Waals surface area contributed by atoms with Crippen molar-refractivity contribution in [1.82, 2.24) is 0 Å². The average Bonchev–Trinajstić information content (AvgIpc) is 2.74. The number of nitrogens with zero attached hydrogens (tertiary/aromatic N) is 1. The standard InChI is InChI=1S/C13H16N2S/c1-13(7-4-8-16-13)10-15-12-6-3-2-5-11(12)9-14/h2-3,5-6,15H,4,7-8,10H2,1H3. The normalized spacial score (nSPS) is 24.0. The van der Waals surface area contributed by atoms with Crippen LogP contribution in [0, 0.1) is 11.3 Å². The van der Waals surface area contributed by atoms with Gasteiger partial charge in [-0.05, 0) is 37.7 Å². The number of nitrogens with one attached hydrogen (secondary N) is 1. The van der Waals surface area contributed by atoms with Gasteiger partial charge >= 0.3 is 0 Å². The Morgan fingerprint density at radius 1 is 1.50 bits per heavy atom. The summed E-state index contributed by atoms with van der Waals surface area (Å²) < 4.78 is 0.336. The number of para-hydroxylation sites is 1. The van der Waals surface area contributed by atoms with Gasteiger partial charge in [-0.2, -0.15) is 17.0 Å². The van der Waals surface area contributed by atoms with Crippen molar-refractivity contribution in [2.45, 2.75) is 24.5 Å². The first-order valence-corrected chi connectivity index (χ1v) is 6.59. The number of benzene rings is 1. The second-order valence-corrected chi connectivity index (χ2v) is 6.10. The van der Waals surface area contributed by atoms with Crippen molar-refractivity contribution in [3.05, 3.63) is 29.8 Å². The van der Waals surface area contributed by atoms with Crippen molar-refractivity contribution < 1.29 is 0 Å². The third-order valence-electron chi connectivity index (χ3n) is 3.00. The van der Waals surface area contributed by atoms with Crippen LogP contribution in [-0.4, -0.2) is 17.0 Å². The van der Waals surface area contributed by atoms with E-state index in [1.54, 1.807) is 0 Å². The monoisotopic (exact) mass is 232 g/mol. The van der Waals surface area contributed by atoms with E-state index in [0.717, 1.165) is 17.8 Å². The van der Waals surface area contributed by atoms with Crippen molar-refractivity contribution in [2.75, 3.05) is 17.6 Å². The first kappa shape index (κ1) is 11.3. The lowest BCUT2D eigenvalue weighted by atomic mass is 10.1. The highest BCUT2D eigenvalue weighted by atomic mass is 32.2. The zero-order chi connectivity index (χ0) is 11.4. The Labute approximate surface area is 101 Å². The second kappa shape index (κ2) is 4.80. The largest absolute Gasteiger partial charge is 0.383 e. The van der Waals surface area contributed by atoms with E-state index in [4.69, 9.17) is 5.26 Å². The topological polar surface area (TPSA) is 35.8 Å². The molecule has 1 aliphatic heterocycles. The molecule has 1 aliphatic rings. The molecule has 16 heavy (non-hydrogen) atoms. The molecule has 2 nitrogen and oxygen atoms in total. The van der Waals surface area contributed by atoms with Crippen LogP contribution in [0.2, 0.25) is 0 Å². The lowest BCUT2D eigenvalue weighted by Crippen LogP contribution is -2.27. The molecule has 84 valence electrons. The highest BCUT2D eigenvalue weighted by Gasteiger charge is 2.29. The molecule has 1 aromatic carbocycles. The molecule has 0 saturated carbocycles. The number of anilines is 1. The maximum atomic E-state index is 8.98. The minimum absolute atomic E-state index is 0.336. The third-order valence-corrected chi connectivity index (χ3v) is 4.54. The van der Waals surface area contributed by atoms with Crippen LogP contribution < -0.4 is 5.32 Å². The maximum absolute atomic E-state index is 8.98. The van der Waals surface area contributed by atoms with Crippen LogP contribution in [0.4, 0.5) is 5.69 Å². The fraction of sp³-hybridized carbons (Fsp3) is 0.462. The molecular weight excluding hydrogens is 216 g/mol. The van der Waals surface area contributed by atoms with E-state index in [0.29, 0.717) is 4.75 Å². The molecule has 1 atom stereocenters. The van der Waals surface area contributed by atoms with Crippen LogP contribution >= 0.6 is 11.8 Å². The fourth-order valence-electron chi connectivity index (χ4n) is 1.99. The first-order valence-electron chi connectivity index (χ1n) is 5.60. The molecule has 3 heteroatoms. The number of hydrogen-bond donors (Lipinski definition) is 1. The summed E-state index contributed by atoms with van der Waals surface area (Å²) >= 11 is 2.03. The van der Waals surface area contributed by atoms with Crippen molar-refractivity contribution in [2.24, 2.45) is 0 Å². The summed E-state index contributed by atoms with van der Waals surface area (Å²) in [6, 6.07) is 9.91. The van der Waals surface area contributed by atoms with Gasteiger partial charge < -0.3 is 5.32 Å². The van der Waals surface area contributed by atoms with E-state index in [9.17, 15) is 0 Å². The van der Waals surface area contributed by atoms with Gasteiger partial charge in [-0.15, -0.1) is 0 Å². The number of nitriles is 1. The SMILES string of the molecule is CC1(CNc2ccccc2C#N)CCCS1. The number of thioether (sulfide) groups is 1. The molecule has 0 aromatic heterocycles. The Morgan fingerprint density at radius 3 is 3.00 bits per heavy atom. The van der Waals surface area contributed by atoms with Gasteiger partial charge in [0.25, 0.3) is 0 Å². The number of rotatable bonds is 3. The van der Waals surface area contributed by atoms with E-state index in [-0.39, 0.29) is 0 Å². The van der Waals surface area contributed by atoms with E-state index in [1.165, 1.54) is 18.6 Å². The van der Waals surface area contributed by atoms with E-state index in [1.807, 2.05) is 36.0 Å². The summed E-state index contributed by atoms with van der Waals surface area (Å²) in [5, 5.41) is 12.4. The molecule has 2 rings (SSSR count). The minimum atomic E-state index is 0.336. The molecule has 1 heterocycles. The zero-order valence-electron chi connectivity index (χ0n) is 9.49. The second-order valence-electron chi connectivity index (χ2n) is 4.41. The predicted octanol–water partition coefficient (Wildman–Crippen LogP) is 3.26. The molecule has 1 fully saturated rings. The Balaban J connectivity index is 2.02. The van der Waals surface area contributed by atoms with Crippen molar-refractivity contribution in [1.29, 1.82) is 5.26 Å². The molecule has 0 spiro atoms. The molecule has 1 N–H and O–H groups in total. The predicted molar refractivity (Wildman–Crippen MR) is 69.7 cm³/mol. The molecule has 0 bridgehead atoms. The summed E-state index contributed by atoms with van der Waals surface area (Å²) in [4.78, 5) is 0. The van der Waals surface area contributed by atoms with Gasteiger partial charge in [0.15, 0.2) is 0 Å². The first-order chi connectivity index (χ1) is 7.73. The number of hydrogen-bond acceptors (Lipinski definition) is 3. The summed E-state index contributed by atoms with van der Waals surface area (Å²) in [6.07, 6.45) is 2.57. The van der Waals surface area contributed by atoms with Crippen LogP contribution in [0.1, 0.15) is 25.3 Å². The van der Waals surface area contributed by atoms with Gasteiger partial charge in [-0.1, -0.05) is 12.1 Å². The minimum Gasteiger partial charge on any atom is -0.383 e.